The molecule has 0 fully saturated rings. The van der Waals surface area contributed by atoms with Gasteiger partial charge in [-0.1, -0.05) is 23.2 Å². The third kappa shape index (κ3) is 3.79. The molecule has 0 saturated heterocycles. The van der Waals surface area contributed by atoms with Crippen LogP contribution in [-0.2, 0) is 4.74 Å². The second-order valence-electron chi connectivity index (χ2n) is 5.18. The van der Waals surface area contributed by atoms with Gasteiger partial charge in [0.2, 0.25) is 5.88 Å². The molecular weight excluding hydrogens is 379 g/mol. The number of hydrogen-bond donors (Lipinski definition) is 0. The largest absolute Gasteiger partial charge is 0.462 e. The average molecular weight is 393 g/mol. The number of rotatable bonds is 5. The van der Waals surface area contributed by atoms with E-state index in [2.05, 4.69) is 15.3 Å². The first-order valence-corrected chi connectivity index (χ1v) is 8.44. The summed E-state index contributed by atoms with van der Waals surface area (Å²) in [7, 11) is 0. The van der Waals surface area contributed by atoms with Crippen molar-refractivity contribution in [1.82, 2.24) is 20.0 Å². The Morgan fingerprint density at radius 1 is 1.15 bits per heavy atom. The lowest BCUT2D eigenvalue weighted by molar-refractivity contribution is 0.0525. The molecule has 0 spiro atoms. The molecular formula is C17H14Cl2N4O3. The molecule has 0 aliphatic rings. The highest BCUT2D eigenvalue weighted by Gasteiger charge is 2.17. The molecule has 26 heavy (non-hydrogen) atoms. The Morgan fingerprint density at radius 2 is 1.96 bits per heavy atom. The van der Waals surface area contributed by atoms with Crippen molar-refractivity contribution in [2.45, 2.75) is 13.8 Å². The highest BCUT2D eigenvalue weighted by molar-refractivity contribution is 6.42. The van der Waals surface area contributed by atoms with Gasteiger partial charge in [0.05, 0.1) is 28.5 Å². The summed E-state index contributed by atoms with van der Waals surface area (Å²) >= 11 is 11.8. The van der Waals surface area contributed by atoms with Crippen molar-refractivity contribution in [1.29, 1.82) is 0 Å². The molecule has 7 nitrogen and oxygen atoms in total. The summed E-state index contributed by atoms with van der Waals surface area (Å²) in [5, 5.41) is 13.1. The van der Waals surface area contributed by atoms with Gasteiger partial charge in [-0.05, 0) is 32.0 Å². The summed E-state index contributed by atoms with van der Waals surface area (Å²) in [5.41, 5.74) is 0.987. The van der Waals surface area contributed by atoms with Gasteiger partial charge in [0.15, 0.2) is 5.82 Å². The number of hydrogen-bond acceptors (Lipinski definition) is 6. The van der Waals surface area contributed by atoms with Crippen LogP contribution >= 0.6 is 23.2 Å². The molecule has 0 amide bonds. The van der Waals surface area contributed by atoms with Gasteiger partial charge < -0.3 is 9.47 Å². The molecule has 0 saturated carbocycles. The molecule has 0 aliphatic carbocycles. The predicted octanol–water partition coefficient (Wildman–Crippen LogP) is 4.25. The summed E-state index contributed by atoms with van der Waals surface area (Å²) in [5.74, 6) is 0.784. The van der Waals surface area contributed by atoms with Gasteiger partial charge in [0.25, 0.3) is 0 Å². The average Bonchev–Trinajstić information content (AvgIpc) is 3.01. The van der Waals surface area contributed by atoms with Crippen LogP contribution in [0.1, 0.15) is 23.0 Å². The van der Waals surface area contributed by atoms with Crippen molar-refractivity contribution in [3.05, 3.63) is 57.8 Å². The smallest absolute Gasteiger partial charge is 0.341 e. The molecule has 0 N–H and O–H groups in total. The molecule has 3 rings (SSSR count). The summed E-state index contributed by atoms with van der Waals surface area (Å²) in [6.45, 7) is 3.79. The Balaban J connectivity index is 1.79. The molecule has 1 aromatic carbocycles. The lowest BCUT2D eigenvalue weighted by Crippen LogP contribution is -2.08. The normalized spacial score (nSPS) is 10.6. The number of esters is 1. The first kappa shape index (κ1) is 18.2. The van der Waals surface area contributed by atoms with Gasteiger partial charge in [0, 0.05) is 12.1 Å². The number of carbonyl (C=O) groups excluding carboxylic acids is 1. The van der Waals surface area contributed by atoms with Gasteiger partial charge >= 0.3 is 5.97 Å². The van der Waals surface area contributed by atoms with E-state index >= 15 is 0 Å². The van der Waals surface area contributed by atoms with Crippen LogP contribution < -0.4 is 4.74 Å². The summed E-state index contributed by atoms with van der Waals surface area (Å²) < 4.78 is 12.1. The first-order valence-electron chi connectivity index (χ1n) is 7.68. The SMILES string of the molecule is CCOC(=O)c1cnn(-c2ccc(Oc3ccc(Cl)c(Cl)c3)nn2)c1C. The van der Waals surface area contributed by atoms with Crippen LogP contribution in [0.15, 0.2) is 36.5 Å². The maximum atomic E-state index is 11.9. The monoisotopic (exact) mass is 392 g/mol. The van der Waals surface area contributed by atoms with E-state index < -0.39 is 5.97 Å². The van der Waals surface area contributed by atoms with E-state index in [1.54, 1.807) is 44.2 Å². The van der Waals surface area contributed by atoms with Crippen LogP contribution in [0.25, 0.3) is 5.82 Å². The molecule has 0 radical (unpaired) electrons. The van der Waals surface area contributed by atoms with E-state index in [1.165, 1.54) is 10.9 Å². The van der Waals surface area contributed by atoms with Crippen molar-refractivity contribution in [2.75, 3.05) is 6.61 Å². The molecule has 3 aromatic rings. The van der Waals surface area contributed by atoms with Gasteiger partial charge in [-0.2, -0.15) is 5.10 Å². The number of ether oxygens (including phenoxy) is 2. The van der Waals surface area contributed by atoms with Gasteiger partial charge in [-0.15, -0.1) is 10.2 Å². The van der Waals surface area contributed by atoms with E-state index in [0.717, 1.165) is 0 Å². The second-order valence-corrected chi connectivity index (χ2v) is 6.00. The Kier molecular flexibility index (Phi) is 5.39. The third-order valence-corrected chi connectivity index (χ3v) is 4.20. The maximum Gasteiger partial charge on any atom is 0.341 e. The van der Waals surface area contributed by atoms with E-state index in [-0.39, 0.29) is 5.88 Å². The minimum absolute atomic E-state index is 0.280. The van der Waals surface area contributed by atoms with Crippen LogP contribution in [0.3, 0.4) is 0 Å². The number of aromatic nitrogens is 4. The molecule has 134 valence electrons. The Morgan fingerprint density at radius 3 is 2.62 bits per heavy atom. The second kappa shape index (κ2) is 7.72. The molecule has 0 bridgehead atoms. The van der Waals surface area contributed by atoms with Crippen molar-refractivity contribution in [2.24, 2.45) is 0 Å². The zero-order valence-corrected chi connectivity index (χ0v) is 15.5. The van der Waals surface area contributed by atoms with Gasteiger partial charge in [0.1, 0.15) is 11.3 Å². The number of benzene rings is 1. The van der Waals surface area contributed by atoms with Gasteiger partial charge in [-0.25, -0.2) is 9.48 Å². The first-order chi connectivity index (χ1) is 12.5. The van der Waals surface area contributed by atoms with Crippen molar-refractivity contribution in [3.8, 4) is 17.4 Å². The fourth-order valence-corrected chi connectivity index (χ4v) is 2.48. The van der Waals surface area contributed by atoms with Crippen LogP contribution in [0.4, 0.5) is 0 Å². The maximum absolute atomic E-state index is 11.9. The van der Waals surface area contributed by atoms with E-state index in [1.807, 2.05) is 0 Å². The number of carbonyl (C=O) groups is 1. The zero-order chi connectivity index (χ0) is 18.7. The highest BCUT2D eigenvalue weighted by Crippen LogP contribution is 2.28. The Bertz CT molecular complexity index is 942. The fraction of sp³-hybridized carbons (Fsp3) is 0.176. The molecule has 0 unspecified atom stereocenters. The quantitative estimate of drug-likeness (QED) is 0.603. The molecule has 2 aromatic heterocycles. The molecule has 2 heterocycles. The summed E-state index contributed by atoms with van der Waals surface area (Å²) in [6.07, 6.45) is 1.44. The van der Waals surface area contributed by atoms with E-state index in [4.69, 9.17) is 32.7 Å². The lowest BCUT2D eigenvalue weighted by Gasteiger charge is -2.07. The van der Waals surface area contributed by atoms with Crippen molar-refractivity contribution in [3.63, 3.8) is 0 Å². The molecule has 9 heteroatoms. The predicted molar refractivity (Wildman–Crippen MR) is 96.4 cm³/mol. The van der Waals surface area contributed by atoms with E-state index in [9.17, 15) is 4.79 Å². The van der Waals surface area contributed by atoms with Crippen molar-refractivity contribution >= 4 is 29.2 Å². The highest BCUT2D eigenvalue weighted by atomic mass is 35.5. The minimum Gasteiger partial charge on any atom is -0.462 e. The van der Waals surface area contributed by atoms with Crippen LogP contribution in [0.2, 0.25) is 10.0 Å². The summed E-state index contributed by atoms with van der Waals surface area (Å²) in [4.78, 5) is 11.9. The minimum atomic E-state index is -0.427. The van der Waals surface area contributed by atoms with Gasteiger partial charge in [-0.3, -0.25) is 0 Å². The summed E-state index contributed by atoms with van der Waals surface area (Å²) in [6, 6.07) is 8.20. The van der Waals surface area contributed by atoms with Crippen LogP contribution in [0, 0.1) is 6.92 Å². The standard InChI is InChI=1S/C17H14Cl2N4O3/c1-3-25-17(24)12-9-20-23(10(12)2)15-6-7-16(22-21-15)26-11-4-5-13(18)14(19)8-11/h4-9H,3H2,1-2H3. The van der Waals surface area contributed by atoms with E-state index in [0.29, 0.717) is 39.5 Å². The van der Waals surface area contributed by atoms with Crippen LogP contribution in [0.5, 0.6) is 11.6 Å². The zero-order valence-electron chi connectivity index (χ0n) is 13.9. The van der Waals surface area contributed by atoms with Crippen LogP contribution in [-0.4, -0.2) is 32.6 Å². The Labute approximate surface area is 159 Å². The number of halogens is 2. The fourth-order valence-electron chi connectivity index (χ4n) is 2.19. The number of nitrogens with zero attached hydrogens (tertiary/aromatic N) is 4. The third-order valence-electron chi connectivity index (χ3n) is 3.46. The Hall–Kier alpha value is -2.64. The topological polar surface area (TPSA) is 79.1 Å². The van der Waals surface area contributed by atoms with Crippen molar-refractivity contribution < 1.29 is 14.3 Å². The lowest BCUT2D eigenvalue weighted by atomic mass is 10.2. The molecule has 0 atom stereocenters. The molecule has 0 aliphatic heterocycles.